The first-order valence-electron chi connectivity index (χ1n) is 4.26. The van der Waals surface area contributed by atoms with Gasteiger partial charge in [0.1, 0.15) is 6.10 Å². The van der Waals surface area contributed by atoms with Crippen molar-refractivity contribution >= 4 is 0 Å². The molecule has 1 N–H and O–H groups in total. The first kappa shape index (κ1) is 7.53. The van der Waals surface area contributed by atoms with Crippen molar-refractivity contribution in [1.29, 1.82) is 0 Å². The van der Waals surface area contributed by atoms with Crippen LogP contribution >= 0.6 is 0 Å². The fraction of sp³-hybridized carbons (Fsp3) is 1.00. The van der Waals surface area contributed by atoms with E-state index in [0.717, 1.165) is 32.5 Å². The van der Waals surface area contributed by atoms with Gasteiger partial charge in [-0.15, -0.1) is 0 Å². The summed E-state index contributed by atoms with van der Waals surface area (Å²) in [4.78, 5) is 0. The minimum Gasteiger partial charge on any atom is -0.393 e. The summed E-state index contributed by atoms with van der Waals surface area (Å²) < 4.78 is 10.5. The molecular formula is C8H14O3. The predicted octanol–water partition coefficient (Wildman–Crippen LogP) is 0.315. The largest absolute Gasteiger partial charge is 0.393 e. The van der Waals surface area contributed by atoms with E-state index < -0.39 is 0 Å². The molecule has 0 spiro atoms. The lowest BCUT2D eigenvalue weighted by Crippen LogP contribution is -2.13. The maximum absolute atomic E-state index is 9.17. The van der Waals surface area contributed by atoms with Crippen molar-refractivity contribution in [3.05, 3.63) is 0 Å². The fourth-order valence-corrected chi connectivity index (χ4v) is 1.48. The average molecular weight is 158 g/mol. The number of hydrogen-bond acceptors (Lipinski definition) is 3. The molecule has 11 heavy (non-hydrogen) atoms. The summed E-state index contributed by atoms with van der Waals surface area (Å²) in [6.45, 7) is 1.58. The van der Waals surface area contributed by atoms with E-state index in [0.29, 0.717) is 6.10 Å². The van der Waals surface area contributed by atoms with Crippen molar-refractivity contribution < 1.29 is 14.6 Å². The van der Waals surface area contributed by atoms with Gasteiger partial charge in [0.05, 0.1) is 25.4 Å². The molecule has 0 aromatic carbocycles. The van der Waals surface area contributed by atoms with Crippen molar-refractivity contribution in [1.82, 2.24) is 0 Å². The maximum Gasteiger partial charge on any atom is 0.104 e. The first-order chi connectivity index (χ1) is 5.34. The summed E-state index contributed by atoms with van der Waals surface area (Å²) in [5, 5.41) is 9.17. The molecule has 0 amide bonds. The second-order valence-electron chi connectivity index (χ2n) is 3.38. The Morgan fingerprint density at radius 1 is 1.45 bits per heavy atom. The molecule has 1 aliphatic carbocycles. The van der Waals surface area contributed by atoms with Gasteiger partial charge in [-0.25, -0.2) is 0 Å². The highest BCUT2D eigenvalue weighted by atomic mass is 16.6. The van der Waals surface area contributed by atoms with Crippen LogP contribution in [0.25, 0.3) is 0 Å². The Kier molecular flexibility index (Phi) is 2.11. The normalized spacial score (nSPS) is 42.8. The molecule has 3 nitrogen and oxygen atoms in total. The number of ether oxygens (including phenoxy) is 2. The quantitative estimate of drug-likeness (QED) is 0.601. The van der Waals surface area contributed by atoms with Crippen molar-refractivity contribution in [2.45, 2.75) is 37.6 Å². The van der Waals surface area contributed by atoms with Crippen LogP contribution in [0.3, 0.4) is 0 Å². The Balaban J connectivity index is 1.62. The number of aliphatic hydroxyl groups is 1. The molecule has 1 saturated heterocycles. The van der Waals surface area contributed by atoms with E-state index in [2.05, 4.69) is 0 Å². The van der Waals surface area contributed by atoms with E-state index in [-0.39, 0.29) is 12.2 Å². The summed E-state index contributed by atoms with van der Waals surface area (Å²) in [7, 11) is 0. The molecule has 2 aliphatic rings. The van der Waals surface area contributed by atoms with Gasteiger partial charge in [0, 0.05) is 0 Å². The predicted molar refractivity (Wildman–Crippen MR) is 39.3 cm³/mol. The molecule has 3 atom stereocenters. The van der Waals surface area contributed by atoms with Crippen LogP contribution in [0.4, 0.5) is 0 Å². The van der Waals surface area contributed by atoms with Gasteiger partial charge in [-0.05, 0) is 19.3 Å². The van der Waals surface area contributed by atoms with Crippen LogP contribution in [-0.2, 0) is 9.47 Å². The molecule has 3 heteroatoms. The van der Waals surface area contributed by atoms with Crippen molar-refractivity contribution in [2.75, 3.05) is 13.2 Å². The highest BCUT2D eigenvalue weighted by Crippen LogP contribution is 2.23. The Morgan fingerprint density at radius 3 is 2.82 bits per heavy atom. The smallest absolute Gasteiger partial charge is 0.104 e. The Labute approximate surface area is 66.3 Å². The number of hydrogen-bond donors (Lipinski definition) is 1. The lowest BCUT2D eigenvalue weighted by Gasteiger charge is -2.08. The van der Waals surface area contributed by atoms with Crippen LogP contribution in [0, 0.1) is 0 Å². The lowest BCUT2D eigenvalue weighted by atomic mass is 10.3. The van der Waals surface area contributed by atoms with Crippen LogP contribution in [0.2, 0.25) is 0 Å². The zero-order chi connectivity index (χ0) is 7.68. The second kappa shape index (κ2) is 3.09. The van der Waals surface area contributed by atoms with Crippen LogP contribution in [0.15, 0.2) is 0 Å². The van der Waals surface area contributed by atoms with E-state index in [4.69, 9.17) is 14.6 Å². The molecule has 2 rings (SSSR count). The molecule has 1 saturated carbocycles. The Bertz CT molecular complexity index is 133. The topological polar surface area (TPSA) is 42.0 Å². The van der Waals surface area contributed by atoms with E-state index >= 15 is 0 Å². The summed E-state index contributed by atoms with van der Waals surface area (Å²) in [6.07, 6.45) is 3.23. The molecule has 3 unspecified atom stereocenters. The van der Waals surface area contributed by atoms with Gasteiger partial charge in [-0.2, -0.15) is 0 Å². The van der Waals surface area contributed by atoms with Gasteiger partial charge < -0.3 is 14.6 Å². The summed E-state index contributed by atoms with van der Waals surface area (Å²) in [5.74, 6) is 0. The van der Waals surface area contributed by atoms with Crippen LogP contribution in [0.5, 0.6) is 0 Å². The highest BCUT2D eigenvalue weighted by molar-refractivity contribution is 4.76. The van der Waals surface area contributed by atoms with E-state index in [1.807, 2.05) is 0 Å². The fourth-order valence-electron chi connectivity index (χ4n) is 1.48. The number of aliphatic hydroxyl groups excluding tert-OH is 1. The van der Waals surface area contributed by atoms with Crippen molar-refractivity contribution in [3.63, 3.8) is 0 Å². The summed E-state index contributed by atoms with van der Waals surface area (Å²) in [6, 6.07) is 0. The minimum absolute atomic E-state index is 0.125. The highest BCUT2D eigenvalue weighted by Gasteiger charge is 2.27. The molecule has 0 aromatic rings. The van der Waals surface area contributed by atoms with Gasteiger partial charge in [-0.1, -0.05) is 0 Å². The molecular weight excluding hydrogens is 144 g/mol. The van der Waals surface area contributed by atoms with Crippen molar-refractivity contribution in [2.24, 2.45) is 0 Å². The lowest BCUT2D eigenvalue weighted by molar-refractivity contribution is 0.0379. The van der Waals surface area contributed by atoms with Crippen LogP contribution in [-0.4, -0.2) is 36.6 Å². The zero-order valence-corrected chi connectivity index (χ0v) is 6.53. The SMILES string of the molecule is OC1CCC(OCC2CO2)C1. The molecule has 64 valence electrons. The summed E-state index contributed by atoms with van der Waals surface area (Å²) >= 11 is 0. The van der Waals surface area contributed by atoms with Gasteiger partial charge >= 0.3 is 0 Å². The standard InChI is InChI=1S/C8H14O3/c9-6-1-2-7(3-6)10-4-8-5-11-8/h6-9H,1-5H2. The van der Waals surface area contributed by atoms with E-state index in [1.54, 1.807) is 0 Å². The van der Waals surface area contributed by atoms with E-state index in [9.17, 15) is 0 Å². The van der Waals surface area contributed by atoms with Gasteiger partial charge in [-0.3, -0.25) is 0 Å². The third kappa shape index (κ3) is 2.15. The van der Waals surface area contributed by atoms with Crippen LogP contribution < -0.4 is 0 Å². The molecule has 0 bridgehead atoms. The molecule has 1 aliphatic heterocycles. The Morgan fingerprint density at radius 2 is 2.27 bits per heavy atom. The Hall–Kier alpha value is -0.120. The molecule has 1 heterocycles. The van der Waals surface area contributed by atoms with Crippen LogP contribution in [0.1, 0.15) is 19.3 Å². The van der Waals surface area contributed by atoms with Gasteiger partial charge in [0.25, 0.3) is 0 Å². The molecule has 0 aromatic heterocycles. The first-order valence-corrected chi connectivity index (χ1v) is 4.26. The van der Waals surface area contributed by atoms with Gasteiger partial charge in [0.15, 0.2) is 0 Å². The summed E-state index contributed by atoms with van der Waals surface area (Å²) in [5.41, 5.74) is 0. The van der Waals surface area contributed by atoms with E-state index in [1.165, 1.54) is 0 Å². The minimum atomic E-state index is -0.125. The maximum atomic E-state index is 9.17. The number of rotatable bonds is 3. The zero-order valence-electron chi connectivity index (χ0n) is 6.53. The van der Waals surface area contributed by atoms with Crippen molar-refractivity contribution in [3.8, 4) is 0 Å². The third-order valence-corrected chi connectivity index (χ3v) is 2.28. The molecule has 2 fully saturated rings. The second-order valence-corrected chi connectivity index (χ2v) is 3.38. The average Bonchev–Trinajstić information content (AvgIpc) is 2.72. The third-order valence-electron chi connectivity index (χ3n) is 2.28. The molecule has 0 radical (unpaired) electrons. The number of epoxide rings is 1. The monoisotopic (exact) mass is 158 g/mol. The van der Waals surface area contributed by atoms with Gasteiger partial charge in [0.2, 0.25) is 0 Å².